The zero-order valence-electron chi connectivity index (χ0n) is 12.7. The third kappa shape index (κ3) is 2.77. The van der Waals surface area contributed by atoms with Crippen LogP contribution in [0.5, 0.6) is 11.5 Å². The van der Waals surface area contributed by atoms with E-state index in [0.29, 0.717) is 16.5 Å². The molecule has 0 saturated heterocycles. The lowest BCUT2D eigenvalue weighted by Gasteiger charge is -2.21. The van der Waals surface area contributed by atoms with Gasteiger partial charge in [0.25, 0.3) is 5.56 Å². The summed E-state index contributed by atoms with van der Waals surface area (Å²) < 4.78 is 13.6. The number of benzene rings is 1. The quantitative estimate of drug-likeness (QED) is 0.855. The van der Waals surface area contributed by atoms with Crippen LogP contribution in [0, 0.1) is 0 Å². The number of ether oxygens (including phenoxy) is 2. The maximum Gasteiger partial charge on any atom is 0.331 e. The van der Waals surface area contributed by atoms with Crippen LogP contribution in [-0.2, 0) is 14.1 Å². The molecule has 2 heterocycles. The Hall–Kier alpha value is -2.47. The number of nitrogens with zero attached hydrogens (tertiary/aromatic N) is 2. The van der Waals surface area contributed by atoms with Crippen LogP contribution in [0.2, 0.25) is 5.02 Å². The zero-order chi connectivity index (χ0) is 16.6. The summed E-state index contributed by atoms with van der Waals surface area (Å²) in [6.45, 7) is 0.484. The molecule has 0 bridgehead atoms. The molecule has 120 valence electrons. The lowest BCUT2D eigenvalue weighted by atomic mass is 10.1. The Morgan fingerprint density at radius 1 is 1.17 bits per heavy atom. The summed E-state index contributed by atoms with van der Waals surface area (Å²) in [6.07, 6.45) is 1.80. The van der Waals surface area contributed by atoms with Crippen LogP contribution >= 0.6 is 11.6 Å². The second-order valence-corrected chi connectivity index (χ2v) is 5.60. The van der Waals surface area contributed by atoms with Crippen LogP contribution in [-0.4, -0.2) is 22.3 Å². The molecule has 0 aliphatic carbocycles. The molecule has 1 aromatic carbocycles. The molecule has 0 radical (unpaired) electrons. The zero-order valence-corrected chi connectivity index (χ0v) is 13.5. The van der Waals surface area contributed by atoms with E-state index in [1.54, 1.807) is 37.4 Å². The Balaban J connectivity index is 1.95. The maximum atomic E-state index is 12.2. The SMILES string of the molecule is Cn1c2c(c(=O)n(C)c1=O)OCC=C2COc1ccc(Cl)cc1. The van der Waals surface area contributed by atoms with Gasteiger partial charge in [-0.2, -0.15) is 0 Å². The number of aromatic nitrogens is 2. The molecule has 1 aromatic heterocycles. The van der Waals surface area contributed by atoms with Crippen molar-refractivity contribution >= 4 is 17.2 Å². The van der Waals surface area contributed by atoms with Crippen molar-refractivity contribution in [3.63, 3.8) is 0 Å². The minimum Gasteiger partial charge on any atom is -0.489 e. The molecule has 1 aliphatic heterocycles. The summed E-state index contributed by atoms with van der Waals surface area (Å²) >= 11 is 5.84. The van der Waals surface area contributed by atoms with Crippen molar-refractivity contribution in [2.24, 2.45) is 14.1 Å². The van der Waals surface area contributed by atoms with Gasteiger partial charge in [0.2, 0.25) is 5.75 Å². The fraction of sp³-hybridized carbons (Fsp3) is 0.250. The predicted octanol–water partition coefficient (Wildman–Crippen LogP) is 1.59. The van der Waals surface area contributed by atoms with Crippen molar-refractivity contribution in [1.82, 2.24) is 9.13 Å². The van der Waals surface area contributed by atoms with Gasteiger partial charge in [0.05, 0.1) is 5.69 Å². The molecule has 0 N–H and O–H groups in total. The lowest BCUT2D eigenvalue weighted by Crippen LogP contribution is -2.40. The standard InChI is InChI=1S/C16H15ClN2O4/c1-18-13-10(9-23-12-5-3-11(17)4-6-12)7-8-22-14(13)15(20)19(2)16(18)21/h3-7H,8-9H2,1-2H3. The van der Waals surface area contributed by atoms with E-state index in [2.05, 4.69) is 0 Å². The van der Waals surface area contributed by atoms with Crippen LogP contribution in [0.1, 0.15) is 5.69 Å². The molecule has 1 aliphatic rings. The summed E-state index contributed by atoms with van der Waals surface area (Å²) in [5.74, 6) is 0.823. The van der Waals surface area contributed by atoms with E-state index < -0.39 is 11.2 Å². The second-order valence-electron chi connectivity index (χ2n) is 5.17. The van der Waals surface area contributed by atoms with Gasteiger partial charge in [-0.25, -0.2) is 4.79 Å². The summed E-state index contributed by atoms with van der Waals surface area (Å²) in [7, 11) is 3.03. The van der Waals surface area contributed by atoms with Gasteiger partial charge in [0.1, 0.15) is 19.0 Å². The van der Waals surface area contributed by atoms with Gasteiger partial charge in [0.15, 0.2) is 0 Å². The molecule has 7 heteroatoms. The van der Waals surface area contributed by atoms with Crippen molar-refractivity contribution in [2.75, 3.05) is 13.2 Å². The monoisotopic (exact) mass is 334 g/mol. The topological polar surface area (TPSA) is 62.5 Å². The fourth-order valence-electron chi connectivity index (χ4n) is 2.45. The number of halogens is 1. The molecular weight excluding hydrogens is 320 g/mol. The average molecular weight is 335 g/mol. The molecule has 0 atom stereocenters. The highest BCUT2D eigenvalue weighted by molar-refractivity contribution is 6.30. The normalized spacial score (nSPS) is 13.1. The second kappa shape index (κ2) is 5.96. The summed E-state index contributed by atoms with van der Waals surface area (Å²) in [4.78, 5) is 24.3. The summed E-state index contributed by atoms with van der Waals surface area (Å²) in [5, 5.41) is 0.624. The molecule has 0 fully saturated rings. The Bertz CT molecular complexity index is 894. The predicted molar refractivity (Wildman–Crippen MR) is 87.3 cm³/mol. The first-order chi connectivity index (χ1) is 11.0. The molecule has 0 spiro atoms. The van der Waals surface area contributed by atoms with Gasteiger partial charge in [-0.05, 0) is 30.3 Å². The third-order valence-electron chi connectivity index (χ3n) is 3.69. The lowest BCUT2D eigenvalue weighted by molar-refractivity contribution is 0.329. The first-order valence-electron chi connectivity index (χ1n) is 6.99. The van der Waals surface area contributed by atoms with E-state index in [1.165, 1.54) is 11.6 Å². The van der Waals surface area contributed by atoms with Crippen LogP contribution in [0.25, 0.3) is 5.57 Å². The number of fused-ring (bicyclic) bond motifs is 1. The van der Waals surface area contributed by atoms with Crippen molar-refractivity contribution in [3.8, 4) is 11.5 Å². The molecule has 3 rings (SSSR count). The van der Waals surface area contributed by atoms with Crippen LogP contribution in [0.3, 0.4) is 0 Å². The fourth-order valence-corrected chi connectivity index (χ4v) is 2.57. The van der Waals surface area contributed by atoms with Gasteiger partial charge in [0, 0.05) is 24.7 Å². The van der Waals surface area contributed by atoms with Gasteiger partial charge in [-0.15, -0.1) is 0 Å². The first-order valence-corrected chi connectivity index (χ1v) is 7.37. The van der Waals surface area contributed by atoms with E-state index in [4.69, 9.17) is 21.1 Å². The highest BCUT2D eigenvalue weighted by Crippen LogP contribution is 2.26. The Labute approximate surface area is 137 Å². The van der Waals surface area contributed by atoms with E-state index in [1.807, 2.05) is 0 Å². The third-order valence-corrected chi connectivity index (χ3v) is 3.94. The van der Waals surface area contributed by atoms with Crippen molar-refractivity contribution in [2.45, 2.75) is 0 Å². The maximum absolute atomic E-state index is 12.2. The molecule has 23 heavy (non-hydrogen) atoms. The highest BCUT2D eigenvalue weighted by Gasteiger charge is 2.23. The van der Waals surface area contributed by atoms with Crippen LogP contribution in [0.15, 0.2) is 39.9 Å². The minimum absolute atomic E-state index is 0.173. The van der Waals surface area contributed by atoms with Crippen molar-refractivity contribution < 1.29 is 9.47 Å². The molecule has 0 amide bonds. The van der Waals surface area contributed by atoms with Crippen LogP contribution in [0.4, 0.5) is 0 Å². The van der Waals surface area contributed by atoms with Gasteiger partial charge < -0.3 is 9.47 Å². The smallest absolute Gasteiger partial charge is 0.331 e. The van der Waals surface area contributed by atoms with E-state index in [-0.39, 0.29) is 19.0 Å². The highest BCUT2D eigenvalue weighted by atomic mass is 35.5. The van der Waals surface area contributed by atoms with E-state index >= 15 is 0 Å². The molecule has 2 aromatic rings. The number of hydrogen-bond acceptors (Lipinski definition) is 4. The first kappa shape index (κ1) is 15.4. The molecule has 0 saturated carbocycles. The molecular formula is C16H15ClN2O4. The Morgan fingerprint density at radius 3 is 2.57 bits per heavy atom. The van der Waals surface area contributed by atoms with E-state index in [9.17, 15) is 9.59 Å². The number of rotatable bonds is 3. The van der Waals surface area contributed by atoms with Crippen LogP contribution < -0.4 is 20.7 Å². The van der Waals surface area contributed by atoms with Gasteiger partial charge >= 0.3 is 5.69 Å². The van der Waals surface area contributed by atoms with Crippen molar-refractivity contribution in [3.05, 3.63) is 61.9 Å². The van der Waals surface area contributed by atoms with E-state index in [0.717, 1.165) is 10.1 Å². The molecule has 0 unspecified atom stereocenters. The van der Waals surface area contributed by atoms with Gasteiger partial charge in [-0.1, -0.05) is 11.6 Å². The number of hydrogen-bond donors (Lipinski definition) is 0. The molecule has 6 nitrogen and oxygen atoms in total. The Kier molecular flexibility index (Phi) is 4.00. The summed E-state index contributed by atoms with van der Waals surface area (Å²) in [5.41, 5.74) is 0.341. The largest absolute Gasteiger partial charge is 0.489 e. The Morgan fingerprint density at radius 2 is 1.87 bits per heavy atom. The summed E-state index contributed by atoms with van der Waals surface area (Å²) in [6, 6.07) is 6.97. The average Bonchev–Trinajstić information content (AvgIpc) is 2.57. The van der Waals surface area contributed by atoms with Crippen molar-refractivity contribution in [1.29, 1.82) is 0 Å². The van der Waals surface area contributed by atoms with Gasteiger partial charge in [-0.3, -0.25) is 13.9 Å². The minimum atomic E-state index is -0.444.